The Morgan fingerprint density at radius 2 is 2.50 bits per heavy atom. The van der Waals surface area contributed by atoms with Gasteiger partial charge in [-0.05, 0) is 6.92 Å². The maximum Gasteiger partial charge on any atom is 0.323 e. The summed E-state index contributed by atoms with van der Waals surface area (Å²) in [6.45, 7) is 1.83. The van der Waals surface area contributed by atoms with E-state index in [1.807, 2.05) is 6.92 Å². The summed E-state index contributed by atoms with van der Waals surface area (Å²) in [6.07, 6.45) is 1.61. The summed E-state index contributed by atoms with van der Waals surface area (Å²) in [7, 11) is 1.71. The third kappa shape index (κ3) is 1.75. The summed E-state index contributed by atoms with van der Waals surface area (Å²) in [6, 6.07) is 0. The van der Waals surface area contributed by atoms with Crippen molar-refractivity contribution < 1.29 is 9.90 Å². The second-order valence-corrected chi connectivity index (χ2v) is 2.63. The van der Waals surface area contributed by atoms with Crippen molar-refractivity contribution in [3.63, 3.8) is 0 Å². The smallest absolute Gasteiger partial charge is 0.323 e. The third-order valence-electron chi connectivity index (χ3n) is 1.59. The number of carbonyl (C=O) groups is 1. The minimum Gasteiger partial charge on any atom is -0.480 e. The topological polar surface area (TPSA) is 69.2 Å². The van der Waals surface area contributed by atoms with E-state index in [1.165, 1.54) is 0 Å². The minimum absolute atomic E-state index is 0.0135. The van der Waals surface area contributed by atoms with E-state index < -0.39 is 5.97 Å². The van der Waals surface area contributed by atoms with Crippen molar-refractivity contribution in [2.24, 2.45) is 0 Å². The number of carboxylic acids is 1. The van der Waals surface area contributed by atoms with Gasteiger partial charge in [0.15, 0.2) is 0 Å². The zero-order chi connectivity index (χ0) is 9.14. The van der Waals surface area contributed by atoms with Gasteiger partial charge in [0.25, 0.3) is 0 Å². The molecule has 2 N–H and O–H groups in total. The van der Waals surface area contributed by atoms with Crippen molar-refractivity contribution in [2.75, 3.05) is 18.5 Å². The molecule has 5 nitrogen and oxygen atoms in total. The van der Waals surface area contributed by atoms with Crippen LogP contribution in [-0.2, 0) is 4.79 Å². The quantitative estimate of drug-likeness (QED) is 0.680. The van der Waals surface area contributed by atoms with Crippen LogP contribution in [0.4, 0.5) is 5.69 Å². The van der Waals surface area contributed by atoms with Gasteiger partial charge in [-0.25, -0.2) is 0 Å². The molecule has 1 aromatic rings. The lowest BCUT2D eigenvalue weighted by molar-refractivity contribution is -0.135. The van der Waals surface area contributed by atoms with Gasteiger partial charge in [-0.15, -0.1) is 0 Å². The SMILES string of the molecule is Cc1[nH]ncc1N(C)CC(=O)O. The molecule has 12 heavy (non-hydrogen) atoms. The van der Waals surface area contributed by atoms with Crippen LogP contribution in [-0.4, -0.2) is 34.9 Å². The van der Waals surface area contributed by atoms with Crippen LogP contribution in [0.25, 0.3) is 0 Å². The van der Waals surface area contributed by atoms with Crippen LogP contribution < -0.4 is 4.90 Å². The van der Waals surface area contributed by atoms with Gasteiger partial charge in [-0.1, -0.05) is 0 Å². The van der Waals surface area contributed by atoms with Crippen molar-refractivity contribution in [2.45, 2.75) is 6.92 Å². The first-order valence-electron chi connectivity index (χ1n) is 3.54. The van der Waals surface area contributed by atoms with E-state index in [9.17, 15) is 4.79 Å². The van der Waals surface area contributed by atoms with E-state index in [0.29, 0.717) is 0 Å². The number of aryl methyl sites for hydroxylation is 1. The van der Waals surface area contributed by atoms with E-state index in [4.69, 9.17) is 5.11 Å². The lowest BCUT2D eigenvalue weighted by Gasteiger charge is -2.14. The highest BCUT2D eigenvalue weighted by Gasteiger charge is 2.08. The van der Waals surface area contributed by atoms with Crippen LogP contribution in [0.3, 0.4) is 0 Å². The van der Waals surface area contributed by atoms with E-state index in [-0.39, 0.29) is 6.54 Å². The van der Waals surface area contributed by atoms with Crippen molar-refractivity contribution in [3.8, 4) is 0 Å². The van der Waals surface area contributed by atoms with Gasteiger partial charge in [0.05, 0.1) is 17.6 Å². The molecule has 0 saturated heterocycles. The summed E-state index contributed by atoms with van der Waals surface area (Å²) in [5, 5.41) is 15.0. The van der Waals surface area contributed by atoms with E-state index >= 15 is 0 Å². The molecule has 0 aliphatic carbocycles. The zero-order valence-electron chi connectivity index (χ0n) is 7.03. The Kier molecular flexibility index (Phi) is 2.32. The number of aromatic nitrogens is 2. The Bertz CT molecular complexity index is 282. The summed E-state index contributed by atoms with van der Waals surface area (Å²) in [5.41, 5.74) is 1.69. The van der Waals surface area contributed by atoms with Gasteiger partial charge in [-0.3, -0.25) is 9.89 Å². The summed E-state index contributed by atoms with van der Waals surface area (Å²) < 4.78 is 0. The molecule has 0 saturated carbocycles. The largest absolute Gasteiger partial charge is 0.480 e. The van der Waals surface area contributed by atoms with E-state index in [0.717, 1.165) is 11.4 Å². The van der Waals surface area contributed by atoms with Crippen LogP contribution in [0.15, 0.2) is 6.20 Å². The highest BCUT2D eigenvalue weighted by atomic mass is 16.4. The Labute approximate surface area is 70.0 Å². The molecule has 5 heteroatoms. The molecule has 0 bridgehead atoms. The number of nitrogens with zero attached hydrogens (tertiary/aromatic N) is 2. The van der Waals surface area contributed by atoms with Crippen molar-refractivity contribution >= 4 is 11.7 Å². The number of anilines is 1. The Morgan fingerprint density at radius 1 is 1.83 bits per heavy atom. The zero-order valence-corrected chi connectivity index (χ0v) is 7.03. The fourth-order valence-corrected chi connectivity index (χ4v) is 1.02. The Morgan fingerprint density at radius 3 is 2.92 bits per heavy atom. The number of hydrogen-bond donors (Lipinski definition) is 2. The predicted molar refractivity (Wildman–Crippen MR) is 44.2 cm³/mol. The summed E-state index contributed by atoms with van der Waals surface area (Å²) in [4.78, 5) is 12.0. The molecule has 0 amide bonds. The van der Waals surface area contributed by atoms with Crippen LogP contribution in [0.1, 0.15) is 5.69 Å². The number of H-pyrrole nitrogens is 1. The van der Waals surface area contributed by atoms with Crippen LogP contribution >= 0.6 is 0 Å². The van der Waals surface area contributed by atoms with Gasteiger partial charge >= 0.3 is 5.97 Å². The van der Waals surface area contributed by atoms with Crippen LogP contribution in [0.2, 0.25) is 0 Å². The molecular weight excluding hydrogens is 158 g/mol. The van der Waals surface area contributed by atoms with Crippen LogP contribution in [0.5, 0.6) is 0 Å². The molecule has 0 fully saturated rings. The maximum absolute atomic E-state index is 10.3. The normalized spacial score (nSPS) is 9.83. The highest BCUT2D eigenvalue weighted by molar-refractivity contribution is 5.73. The third-order valence-corrected chi connectivity index (χ3v) is 1.59. The Hall–Kier alpha value is -1.52. The molecule has 0 aliphatic rings. The summed E-state index contributed by atoms with van der Waals surface area (Å²) in [5.74, 6) is -0.849. The molecular formula is C7H11N3O2. The number of hydrogen-bond acceptors (Lipinski definition) is 3. The Balaban J connectivity index is 2.71. The van der Waals surface area contributed by atoms with Gasteiger partial charge in [-0.2, -0.15) is 5.10 Å². The first-order chi connectivity index (χ1) is 5.61. The summed E-state index contributed by atoms with van der Waals surface area (Å²) >= 11 is 0. The van der Waals surface area contributed by atoms with Crippen molar-refractivity contribution in [1.82, 2.24) is 10.2 Å². The number of nitrogens with one attached hydrogen (secondary N) is 1. The highest BCUT2D eigenvalue weighted by Crippen LogP contribution is 2.13. The van der Waals surface area contributed by atoms with Crippen molar-refractivity contribution in [1.29, 1.82) is 0 Å². The number of likely N-dealkylation sites (N-methyl/N-ethyl adjacent to an activating group) is 1. The van der Waals surface area contributed by atoms with Crippen LogP contribution in [0, 0.1) is 6.92 Å². The number of rotatable bonds is 3. The van der Waals surface area contributed by atoms with Gasteiger partial charge in [0.2, 0.25) is 0 Å². The molecule has 1 aromatic heterocycles. The predicted octanol–water partition coefficient (Wildman–Crippen LogP) is 0.239. The fourth-order valence-electron chi connectivity index (χ4n) is 1.02. The second-order valence-electron chi connectivity index (χ2n) is 2.63. The second kappa shape index (κ2) is 3.25. The molecule has 1 heterocycles. The number of aromatic amines is 1. The molecule has 0 radical (unpaired) electrons. The minimum atomic E-state index is -0.849. The maximum atomic E-state index is 10.3. The van der Waals surface area contributed by atoms with E-state index in [2.05, 4.69) is 10.2 Å². The average Bonchev–Trinajstić information content (AvgIpc) is 2.33. The number of carboxylic acid groups (broad SMARTS) is 1. The molecule has 66 valence electrons. The molecule has 0 unspecified atom stereocenters. The van der Waals surface area contributed by atoms with Gasteiger partial charge in [0.1, 0.15) is 6.54 Å². The lowest BCUT2D eigenvalue weighted by atomic mass is 10.3. The molecule has 0 aliphatic heterocycles. The fraction of sp³-hybridized carbons (Fsp3) is 0.429. The molecule has 0 atom stereocenters. The average molecular weight is 169 g/mol. The first-order valence-corrected chi connectivity index (χ1v) is 3.54. The lowest BCUT2D eigenvalue weighted by Crippen LogP contribution is -2.25. The molecule has 1 rings (SSSR count). The standard InChI is InChI=1S/C7H11N3O2/c1-5-6(3-8-9-5)10(2)4-7(11)12/h3H,4H2,1-2H3,(H,8,9)(H,11,12). The molecule has 0 spiro atoms. The van der Waals surface area contributed by atoms with Gasteiger partial charge < -0.3 is 10.0 Å². The number of aliphatic carboxylic acids is 1. The van der Waals surface area contributed by atoms with Crippen molar-refractivity contribution in [3.05, 3.63) is 11.9 Å². The monoisotopic (exact) mass is 169 g/mol. The van der Waals surface area contributed by atoms with Gasteiger partial charge in [0, 0.05) is 7.05 Å². The van der Waals surface area contributed by atoms with E-state index in [1.54, 1.807) is 18.1 Å². The molecule has 0 aromatic carbocycles. The first kappa shape index (κ1) is 8.58.